The minimum Gasteiger partial charge on any atom is -0.733 e. The van der Waals surface area contributed by atoms with Crippen LogP contribution in [-0.4, -0.2) is 38.0 Å². The van der Waals surface area contributed by atoms with E-state index in [0.29, 0.717) is 36.9 Å². The normalized spacial score (nSPS) is 24.5. The minimum absolute atomic E-state index is 0.130. The van der Waals surface area contributed by atoms with Gasteiger partial charge in [0.15, 0.2) is 5.82 Å². The van der Waals surface area contributed by atoms with Crippen LogP contribution in [0.3, 0.4) is 0 Å². The van der Waals surface area contributed by atoms with Gasteiger partial charge in [0.25, 0.3) is 0 Å². The van der Waals surface area contributed by atoms with Crippen LogP contribution in [0.1, 0.15) is 48.5 Å². The van der Waals surface area contributed by atoms with Gasteiger partial charge in [-0.1, -0.05) is 23.4 Å². The summed E-state index contributed by atoms with van der Waals surface area (Å²) in [6, 6.07) is 6.65. The van der Waals surface area contributed by atoms with E-state index in [2.05, 4.69) is 10.1 Å². The van der Waals surface area contributed by atoms with Gasteiger partial charge in [0.05, 0.1) is 17.8 Å². The van der Waals surface area contributed by atoms with E-state index in [1.165, 1.54) is 0 Å². The van der Waals surface area contributed by atoms with Gasteiger partial charge in [-0.15, -0.1) is 0 Å². The van der Waals surface area contributed by atoms with Crippen LogP contribution in [0.25, 0.3) is 0 Å². The van der Waals surface area contributed by atoms with Crippen molar-refractivity contribution in [3.05, 3.63) is 46.8 Å². The van der Waals surface area contributed by atoms with Gasteiger partial charge >= 0.3 is 0 Å². The van der Waals surface area contributed by atoms with Crippen LogP contribution in [0.4, 0.5) is 5.69 Å². The van der Waals surface area contributed by atoms with Gasteiger partial charge in [0.1, 0.15) is 0 Å². The second kappa shape index (κ2) is 6.14. The third-order valence-electron chi connectivity index (χ3n) is 4.64. The molecule has 0 spiro atoms. The lowest BCUT2D eigenvalue weighted by Gasteiger charge is -2.27. The number of aliphatic hydroxyl groups excluding tert-OH is 1. The standard InChI is InChI=1S/C16H19N4O4/c21-12-7-14(16-17-15(18-24-16)10-5-6-10)19(9-12)8-11-3-1-2-4-13(11)20(22)23/h1-4,10,12,14,21-22H,5-9H2/q-1. The molecule has 128 valence electrons. The maximum atomic E-state index is 11.3. The van der Waals surface area contributed by atoms with Gasteiger partial charge in [0, 0.05) is 19.0 Å². The van der Waals surface area contributed by atoms with Gasteiger partial charge in [-0.3, -0.25) is 10.1 Å². The molecule has 0 bridgehead atoms. The van der Waals surface area contributed by atoms with E-state index in [1.54, 1.807) is 18.2 Å². The third-order valence-corrected chi connectivity index (χ3v) is 4.64. The van der Waals surface area contributed by atoms with Crippen molar-refractivity contribution in [2.45, 2.75) is 43.9 Å². The number of nitrogens with zero attached hydrogens (tertiary/aromatic N) is 4. The zero-order valence-electron chi connectivity index (χ0n) is 13.1. The molecule has 1 saturated carbocycles. The van der Waals surface area contributed by atoms with E-state index in [-0.39, 0.29) is 17.0 Å². The molecule has 8 heteroatoms. The molecular formula is C16H19N4O4-. The predicted molar refractivity (Wildman–Crippen MR) is 84.1 cm³/mol. The van der Waals surface area contributed by atoms with E-state index >= 15 is 0 Å². The Labute approximate surface area is 138 Å². The summed E-state index contributed by atoms with van der Waals surface area (Å²) in [4.78, 5) is 6.48. The lowest BCUT2D eigenvalue weighted by molar-refractivity contribution is 0.169. The molecule has 8 nitrogen and oxygen atoms in total. The molecule has 2 atom stereocenters. The Bertz CT molecular complexity index is 716. The highest BCUT2D eigenvalue weighted by atomic mass is 16.8. The molecule has 2 aliphatic rings. The summed E-state index contributed by atoms with van der Waals surface area (Å²) < 4.78 is 5.41. The number of aromatic nitrogens is 2. The Hall–Kier alpha value is -2.00. The number of aliphatic hydroxyl groups is 1. The van der Waals surface area contributed by atoms with Gasteiger partial charge in [-0.05, 0) is 30.9 Å². The van der Waals surface area contributed by atoms with Crippen molar-refractivity contribution in [2.75, 3.05) is 11.8 Å². The van der Waals surface area contributed by atoms with Crippen LogP contribution in [0, 0.1) is 5.21 Å². The summed E-state index contributed by atoms with van der Waals surface area (Å²) in [7, 11) is 0. The van der Waals surface area contributed by atoms with Crippen LogP contribution in [0.15, 0.2) is 28.8 Å². The number of benzene rings is 1. The second-order valence-electron chi connectivity index (χ2n) is 6.50. The average Bonchev–Trinajstić information content (AvgIpc) is 3.18. The van der Waals surface area contributed by atoms with E-state index in [9.17, 15) is 15.5 Å². The van der Waals surface area contributed by atoms with E-state index in [0.717, 1.165) is 18.7 Å². The molecule has 4 rings (SSSR count). The maximum absolute atomic E-state index is 11.3. The molecule has 1 aliphatic heterocycles. The fourth-order valence-corrected chi connectivity index (χ4v) is 3.25. The molecule has 0 amide bonds. The number of anilines is 1. The van der Waals surface area contributed by atoms with Crippen molar-refractivity contribution < 1.29 is 14.8 Å². The number of para-hydroxylation sites is 1. The van der Waals surface area contributed by atoms with Crippen molar-refractivity contribution in [1.29, 1.82) is 0 Å². The monoisotopic (exact) mass is 331 g/mol. The summed E-state index contributed by atoms with van der Waals surface area (Å²) in [5.41, 5.74) is 0.873. The summed E-state index contributed by atoms with van der Waals surface area (Å²) in [5.74, 6) is 1.66. The molecule has 2 N–H and O–H groups in total. The van der Waals surface area contributed by atoms with Crippen molar-refractivity contribution >= 4 is 5.69 Å². The zero-order valence-corrected chi connectivity index (χ0v) is 13.1. The molecular weight excluding hydrogens is 312 g/mol. The van der Waals surface area contributed by atoms with Crippen molar-refractivity contribution in [3.63, 3.8) is 0 Å². The first-order valence-electron chi connectivity index (χ1n) is 8.11. The summed E-state index contributed by atoms with van der Waals surface area (Å²) >= 11 is 0. The number of rotatable bonds is 5. The van der Waals surface area contributed by atoms with Crippen molar-refractivity contribution in [1.82, 2.24) is 15.0 Å². The Balaban J connectivity index is 1.56. The molecule has 1 aliphatic carbocycles. The Kier molecular flexibility index (Phi) is 3.97. The molecule has 2 aromatic rings. The zero-order chi connectivity index (χ0) is 16.7. The smallest absolute Gasteiger partial charge is 0.244 e. The van der Waals surface area contributed by atoms with Crippen LogP contribution in [0.5, 0.6) is 0 Å². The summed E-state index contributed by atoms with van der Waals surface area (Å²) in [6.45, 7) is 0.850. The van der Waals surface area contributed by atoms with Crippen LogP contribution < -0.4 is 5.23 Å². The third kappa shape index (κ3) is 3.01. The van der Waals surface area contributed by atoms with Crippen LogP contribution in [0.2, 0.25) is 0 Å². The highest BCUT2D eigenvalue weighted by Gasteiger charge is 2.37. The first-order chi connectivity index (χ1) is 11.6. The van der Waals surface area contributed by atoms with Crippen molar-refractivity contribution in [3.8, 4) is 0 Å². The van der Waals surface area contributed by atoms with Crippen molar-refractivity contribution in [2.24, 2.45) is 0 Å². The van der Waals surface area contributed by atoms with Gasteiger partial charge in [-0.25, -0.2) is 0 Å². The predicted octanol–water partition coefficient (Wildman–Crippen LogP) is 1.95. The first-order valence-corrected chi connectivity index (χ1v) is 8.11. The van der Waals surface area contributed by atoms with E-state index in [4.69, 9.17) is 4.52 Å². The molecule has 2 fully saturated rings. The van der Waals surface area contributed by atoms with Crippen LogP contribution in [-0.2, 0) is 6.54 Å². The molecule has 24 heavy (non-hydrogen) atoms. The fraction of sp³-hybridized carbons (Fsp3) is 0.500. The van der Waals surface area contributed by atoms with Gasteiger partial charge in [0.2, 0.25) is 5.89 Å². The quantitative estimate of drug-likeness (QED) is 0.800. The number of likely N-dealkylation sites (tertiary alicyclic amines) is 1. The largest absolute Gasteiger partial charge is 0.733 e. The molecule has 1 aromatic heterocycles. The molecule has 1 aromatic carbocycles. The van der Waals surface area contributed by atoms with Gasteiger partial charge in [-0.2, -0.15) is 4.98 Å². The Morgan fingerprint density at radius 1 is 1.33 bits per heavy atom. The first kappa shape index (κ1) is 15.5. The molecule has 2 heterocycles. The number of β-amino-alcohol motifs (C(OH)–C–C–N with tert-alkyl or cyclic N) is 1. The molecule has 1 saturated heterocycles. The SMILES string of the molecule is [O-]N(O)c1ccccc1CN1CC(O)CC1c1nc(C2CC2)no1. The van der Waals surface area contributed by atoms with E-state index in [1.807, 2.05) is 11.0 Å². The van der Waals surface area contributed by atoms with Crippen LogP contribution >= 0.6 is 0 Å². The summed E-state index contributed by atoms with van der Waals surface area (Å²) in [5, 5.41) is 34.5. The minimum atomic E-state index is -0.490. The molecule has 2 unspecified atom stereocenters. The lowest BCUT2D eigenvalue weighted by atomic mass is 10.1. The second-order valence-corrected chi connectivity index (χ2v) is 6.50. The topological polar surface area (TPSA) is 109 Å². The number of hydrogen-bond donors (Lipinski definition) is 2. The highest BCUT2D eigenvalue weighted by Crippen LogP contribution is 2.40. The number of hydrogen-bond acceptors (Lipinski definition) is 8. The average molecular weight is 331 g/mol. The lowest BCUT2D eigenvalue weighted by Crippen LogP contribution is -2.25. The summed E-state index contributed by atoms with van der Waals surface area (Å²) in [6.07, 6.45) is 2.21. The Morgan fingerprint density at radius 3 is 2.88 bits per heavy atom. The maximum Gasteiger partial charge on any atom is 0.244 e. The highest BCUT2D eigenvalue weighted by molar-refractivity contribution is 5.51. The van der Waals surface area contributed by atoms with E-state index < -0.39 is 6.10 Å². The van der Waals surface area contributed by atoms with Gasteiger partial charge < -0.3 is 20.1 Å². The molecule has 0 radical (unpaired) electrons. The Morgan fingerprint density at radius 2 is 2.12 bits per heavy atom. The fourth-order valence-electron chi connectivity index (χ4n) is 3.25.